The van der Waals surface area contributed by atoms with Gasteiger partial charge in [0, 0.05) is 45.1 Å². The Hall–Kier alpha value is -2.01. The molecule has 23 heavy (non-hydrogen) atoms. The number of rotatable bonds is 7. The number of nitrogens with zero attached hydrogens (tertiary/aromatic N) is 4. The van der Waals surface area contributed by atoms with E-state index in [1.165, 1.54) is 25.1 Å². The van der Waals surface area contributed by atoms with Gasteiger partial charge in [0.05, 0.1) is 19.1 Å². The highest BCUT2D eigenvalue weighted by molar-refractivity contribution is 5.58. The maximum Gasteiger partial charge on any atom is 0.142 e. The molecule has 5 heteroatoms. The van der Waals surface area contributed by atoms with Crippen molar-refractivity contribution < 1.29 is 4.74 Å². The number of unbranched alkanes of at least 4 members (excludes halogenated alkanes) is 1. The Morgan fingerprint density at radius 3 is 2.57 bits per heavy atom. The molecule has 1 saturated heterocycles. The van der Waals surface area contributed by atoms with Crippen LogP contribution in [0.1, 0.15) is 12.8 Å². The van der Waals surface area contributed by atoms with Crippen LogP contribution in [0.3, 0.4) is 0 Å². The van der Waals surface area contributed by atoms with Crippen LogP contribution in [0.25, 0.3) is 0 Å². The molecule has 0 amide bonds. The number of hydrogen-bond donors (Lipinski definition) is 0. The Morgan fingerprint density at radius 2 is 1.83 bits per heavy atom. The van der Waals surface area contributed by atoms with Crippen LogP contribution in [-0.4, -0.2) is 54.3 Å². The highest BCUT2D eigenvalue weighted by Gasteiger charge is 2.18. The zero-order chi connectivity index (χ0) is 15.9. The minimum Gasteiger partial charge on any atom is -0.495 e. The zero-order valence-corrected chi connectivity index (χ0v) is 13.9. The molecule has 1 aliphatic heterocycles. The normalized spacial score (nSPS) is 15.8. The van der Waals surface area contributed by atoms with Gasteiger partial charge in [-0.25, -0.2) is 4.98 Å². The Morgan fingerprint density at radius 1 is 1.04 bits per heavy atom. The first-order valence-electron chi connectivity index (χ1n) is 8.43. The van der Waals surface area contributed by atoms with Crippen LogP contribution in [0.5, 0.6) is 5.75 Å². The SMILES string of the molecule is COc1ccccc1N1CCN(CCCCn2ccnc2)CC1. The number of ether oxygens (including phenoxy) is 1. The van der Waals surface area contributed by atoms with Gasteiger partial charge in [-0.2, -0.15) is 0 Å². The molecule has 5 nitrogen and oxygen atoms in total. The summed E-state index contributed by atoms with van der Waals surface area (Å²) < 4.78 is 7.63. The summed E-state index contributed by atoms with van der Waals surface area (Å²) in [5.41, 5.74) is 1.22. The molecular weight excluding hydrogens is 288 g/mol. The van der Waals surface area contributed by atoms with Gasteiger partial charge in [-0.15, -0.1) is 0 Å². The van der Waals surface area contributed by atoms with Crippen molar-refractivity contribution >= 4 is 5.69 Å². The lowest BCUT2D eigenvalue weighted by atomic mass is 10.2. The number of hydrogen-bond acceptors (Lipinski definition) is 4. The molecule has 2 heterocycles. The number of anilines is 1. The Bertz CT molecular complexity index is 576. The van der Waals surface area contributed by atoms with Crippen molar-refractivity contribution in [3.63, 3.8) is 0 Å². The number of methoxy groups -OCH3 is 1. The van der Waals surface area contributed by atoms with Gasteiger partial charge in [-0.1, -0.05) is 12.1 Å². The van der Waals surface area contributed by atoms with Gasteiger partial charge in [0.15, 0.2) is 0 Å². The molecule has 0 saturated carbocycles. The topological polar surface area (TPSA) is 33.5 Å². The molecule has 0 spiro atoms. The summed E-state index contributed by atoms with van der Waals surface area (Å²) in [7, 11) is 1.75. The van der Waals surface area contributed by atoms with Crippen molar-refractivity contribution in [2.45, 2.75) is 19.4 Å². The van der Waals surface area contributed by atoms with E-state index < -0.39 is 0 Å². The predicted octanol–water partition coefficient (Wildman–Crippen LogP) is 2.49. The molecule has 1 aromatic carbocycles. The van der Waals surface area contributed by atoms with Gasteiger partial charge in [-0.05, 0) is 31.5 Å². The van der Waals surface area contributed by atoms with E-state index in [2.05, 4.69) is 31.5 Å². The van der Waals surface area contributed by atoms with E-state index in [4.69, 9.17) is 4.74 Å². The van der Waals surface area contributed by atoms with Gasteiger partial charge < -0.3 is 14.2 Å². The lowest BCUT2D eigenvalue weighted by Crippen LogP contribution is -2.46. The molecule has 0 aliphatic carbocycles. The number of imidazole rings is 1. The van der Waals surface area contributed by atoms with E-state index in [0.29, 0.717) is 0 Å². The van der Waals surface area contributed by atoms with E-state index in [0.717, 1.165) is 38.5 Å². The molecule has 0 unspecified atom stereocenters. The standard InChI is InChI=1S/C18H26N4O/c1-23-18-7-3-2-6-17(18)22-14-12-20(13-15-22)9-4-5-10-21-11-8-19-16-21/h2-3,6-8,11,16H,4-5,9-10,12-15H2,1H3. The van der Waals surface area contributed by atoms with E-state index in [9.17, 15) is 0 Å². The summed E-state index contributed by atoms with van der Waals surface area (Å²) in [6, 6.07) is 8.30. The third-order valence-electron chi connectivity index (χ3n) is 4.50. The van der Waals surface area contributed by atoms with E-state index in [1.54, 1.807) is 7.11 Å². The molecule has 3 rings (SSSR count). The molecule has 1 aliphatic rings. The second-order valence-corrected chi connectivity index (χ2v) is 6.01. The average molecular weight is 314 g/mol. The van der Waals surface area contributed by atoms with Gasteiger partial charge >= 0.3 is 0 Å². The summed E-state index contributed by atoms with van der Waals surface area (Å²) in [6.07, 6.45) is 8.23. The molecule has 0 atom stereocenters. The first kappa shape index (κ1) is 15.9. The second-order valence-electron chi connectivity index (χ2n) is 6.01. The van der Waals surface area contributed by atoms with Crippen molar-refractivity contribution in [3.8, 4) is 5.75 Å². The molecule has 1 fully saturated rings. The summed E-state index contributed by atoms with van der Waals surface area (Å²) >= 11 is 0. The number of piperazine rings is 1. The Labute approximate surface area is 138 Å². The highest BCUT2D eigenvalue weighted by atomic mass is 16.5. The first-order valence-corrected chi connectivity index (χ1v) is 8.43. The first-order chi connectivity index (χ1) is 11.4. The Kier molecular flexibility index (Phi) is 5.53. The number of para-hydroxylation sites is 2. The predicted molar refractivity (Wildman–Crippen MR) is 93.1 cm³/mol. The second kappa shape index (κ2) is 8.02. The van der Waals surface area contributed by atoms with Crippen molar-refractivity contribution in [3.05, 3.63) is 43.0 Å². The van der Waals surface area contributed by atoms with Crippen LogP contribution in [0.2, 0.25) is 0 Å². The quantitative estimate of drug-likeness (QED) is 0.735. The molecule has 0 N–H and O–H groups in total. The average Bonchev–Trinajstić information content (AvgIpc) is 3.13. The fourth-order valence-corrected chi connectivity index (χ4v) is 3.15. The maximum absolute atomic E-state index is 5.48. The minimum atomic E-state index is 0.973. The third kappa shape index (κ3) is 4.26. The van der Waals surface area contributed by atoms with E-state index >= 15 is 0 Å². The smallest absolute Gasteiger partial charge is 0.142 e. The van der Waals surface area contributed by atoms with Crippen molar-refractivity contribution in [1.29, 1.82) is 0 Å². The lowest BCUT2D eigenvalue weighted by molar-refractivity contribution is 0.250. The molecular formula is C18H26N4O. The van der Waals surface area contributed by atoms with Gasteiger partial charge in [-0.3, -0.25) is 4.90 Å². The molecule has 124 valence electrons. The Balaban J connectivity index is 1.40. The highest BCUT2D eigenvalue weighted by Crippen LogP contribution is 2.28. The maximum atomic E-state index is 5.48. The molecule has 1 aromatic heterocycles. The molecule has 2 aromatic rings. The largest absolute Gasteiger partial charge is 0.495 e. The number of benzene rings is 1. The van der Waals surface area contributed by atoms with Crippen molar-refractivity contribution in [2.75, 3.05) is 44.7 Å². The van der Waals surface area contributed by atoms with Crippen molar-refractivity contribution in [1.82, 2.24) is 14.5 Å². The van der Waals surface area contributed by atoms with Crippen LogP contribution in [0, 0.1) is 0 Å². The van der Waals surface area contributed by atoms with Crippen LogP contribution in [0.15, 0.2) is 43.0 Å². The van der Waals surface area contributed by atoms with Gasteiger partial charge in [0.2, 0.25) is 0 Å². The monoisotopic (exact) mass is 314 g/mol. The summed E-state index contributed by atoms with van der Waals surface area (Å²) in [4.78, 5) is 9.08. The van der Waals surface area contributed by atoms with Gasteiger partial charge in [0.1, 0.15) is 5.75 Å². The van der Waals surface area contributed by atoms with Gasteiger partial charge in [0.25, 0.3) is 0 Å². The minimum absolute atomic E-state index is 0.973. The lowest BCUT2D eigenvalue weighted by Gasteiger charge is -2.36. The van der Waals surface area contributed by atoms with Crippen LogP contribution >= 0.6 is 0 Å². The molecule has 0 bridgehead atoms. The number of aryl methyl sites for hydroxylation is 1. The summed E-state index contributed by atoms with van der Waals surface area (Å²) in [5, 5.41) is 0. The fourth-order valence-electron chi connectivity index (χ4n) is 3.15. The summed E-state index contributed by atoms with van der Waals surface area (Å²) in [5.74, 6) is 0.973. The molecule has 0 radical (unpaired) electrons. The third-order valence-corrected chi connectivity index (χ3v) is 4.50. The van der Waals surface area contributed by atoms with Crippen molar-refractivity contribution in [2.24, 2.45) is 0 Å². The fraction of sp³-hybridized carbons (Fsp3) is 0.500. The number of aromatic nitrogens is 2. The van der Waals surface area contributed by atoms with Crippen LogP contribution in [-0.2, 0) is 6.54 Å². The summed E-state index contributed by atoms with van der Waals surface area (Å²) in [6.45, 7) is 6.66. The van der Waals surface area contributed by atoms with Crippen LogP contribution < -0.4 is 9.64 Å². The van der Waals surface area contributed by atoms with Crippen LogP contribution in [0.4, 0.5) is 5.69 Å². The van der Waals surface area contributed by atoms with E-state index in [1.807, 2.05) is 30.9 Å². The zero-order valence-electron chi connectivity index (χ0n) is 13.9. The van der Waals surface area contributed by atoms with E-state index in [-0.39, 0.29) is 0 Å².